The molecule has 2 aromatic heterocycles. The minimum absolute atomic E-state index is 0.203. The zero-order valence-electron chi connectivity index (χ0n) is 24.5. The largest absolute Gasteiger partial charge is 0.369 e. The minimum atomic E-state index is -3.48. The highest BCUT2D eigenvalue weighted by molar-refractivity contribution is 7.90. The molecule has 0 saturated carbocycles. The first kappa shape index (κ1) is 28.6. The lowest BCUT2D eigenvalue weighted by Gasteiger charge is -2.29. The van der Waals surface area contributed by atoms with Gasteiger partial charge < -0.3 is 15.5 Å². The van der Waals surface area contributed by atoms with E-state index in [1.54, 1.807) is 42.0 Å². The Kier molecular flexibility index (Phi) is 7.72. The van der Waals surface area contributed by atoms with E-state index in [1.807, 2.05) is 43.3 Å². The molecule has 3 aromatic carbocycles. The zero-order chi connectivity index (χ0) is 30.1. The number of fused-ring (bicyclic) bond motifs is 1. The maximum absolute atomic E-state index is 14.2. The van der Waals surface area contributed by atoms with Gasteiger partial charge in [-0.05, 0) is 72.5 Å². The Balaban J connectivity index is 1.44. The highest BCUT2D eigenvalue weighted by atomic mass is 32.2. The number of piperazine rings is 1. The molecule has 0 atom stereocenters. The number of nitrogens with one attached hydrogen (secondary N) is 2. The van der Waals surface area contributed by atoms with Crippen molar-refractivity contribution in [3.63, 3.8) is 0 Å². The Hall–Kier alpha value is -4.54. The van der Waals surface area contributed by atoms with Crippen molar-refractivity contribution in [2.24, 2.45) is 0 Å². The molecule has 1 fully saturated rings. The molecule has 1 aliphatic heterocycles. The summed E-state index contributed by atoms with van der Waals surface area (Å²) >= 11 is 0. The molecule has 0 radical (unpaired) electrons. The van der Waals surface area contributed by atoms with Crippen molar-refractivity contribution in [3.8, 4) is 11.1 Å². The van der Waals surface area contributed by atoms with Gasteiger partial charge >= 0.3 is 0 Å². The lowest BCUT2D eigenvalue weighted by molar-refractivity contribution is 0.589. The number of benzene rings is 3. The average Bonchev–Trinajstić information content (AvgIpc) is 3.00. The highest BCUT2D eigenvalue weighted by Crippen LogP contribution is 2.29. The minimum Gasteiger partial charge on any atom is -0.369 e. The molecule has 220 valence electrons. The van der Waals surface area contributed by atoms with Crippen LogP contribution in [0.1, 0.15) is 16.7 Å². The number of hydrogen-bond donors (Lipinski definition) is 2. The summed E-state index contributed by atoms with van der Waals surface area (Å²) in [5.41, 5.74) is 5.79. The van der Waals surface area contributed by atoms with Gasteiger partial charge in [0.25, 0.3) is 5.56 Å². The predicted octanol–water partition coefficient (Wildman–Crippen LogP) is 4.68. The number of rotatable bonds is 7. The fraction of sp³-hybridized carbons (Fsp3) is 0.242. The van der Waals surface area contributed by atoms with Gasteiger partial charge in [0.05, 0.1) is 11.4 Å². The highest BCUT2D eigenvalue weighted by Gasteiger charge is 2.20. The van der Waals surface area contributed by atoms with Gasteiger partial charge in [-0.1, -0.05) is 36.4 Å². The van der Waals surface area contributed by atoms with Gasteiger partial charge in [0, 0.05) is 61.0 Å². The second-order valence-electron chi connectivity index (χ2n) is 11.0. The van der Waals surface area contributed by atoms with Crippen molar-refractivity contribution < 1.29 is 8.42 Å². The zero-order valence-corrected chi connectivity index (χ0v) is 25.3. The summed E-state index contributed by atoms with van der Waals surface area (Å²) in [5.74, 6) is 0.378. The van der Waals surface area contributed by atoms with Gasteiger partial charge in [-0.15, -0.1) is 0 Å². The van der Waals surface area contributed by atoms with E-state index in [2.05, 4.69) is 32.7 Å². The molecular formula is C33H34N6O3S. The van der Waals surface area contributed by atoms with Crippen LogP contribution in [-0.2, 0) is 16.4 Å². The summed E-state index contributed by atoms with van der Waals surface area (Å²) in [6.45, 7) is 7.93. The van der Waals surface area contributed by atoms with Crippen molar-refractivity contribution >= 4 is 38.2 Å². The van der Waals surface area contributed by atoms with Gasteiger partial charge in [0.1, 0.15) is 5.65 Å². The van der Waals surface area contributed by atoms with E-state index in [-0.39, 0.29) is 10.5 Å². The summed E-state index contributed by atoms with van der Waals surface area (Å²) in [7, 11) is -3.48. The maximum Gasteiger partial charge on any atom is 0.260 e. The summed E-state index contributed by atoms with van der Waals surface area (Å²) in [6.07, 6.45) is 2.88. The average molecular weight is 595 g/mol. The van der Waals surface area contributed by atoms with Crippen LogP contribution in [-0.4, -0.2) is 55.4 Å². The second kappa shape index (κ2) is 11.6. The van der Waals surface area contributed by atoms with Crippen molar-refractivity contribution in [1.82, 2.24) is 19.9 Å². The van der Waals surface area contributed by atoms with Crippen LogP contribution in [0.2, 0.25) is 0 Å². The number of hydrogen-bond acceptors (Lipinski definition) is 8. The summed E-state index contributed by atoms with van der Waals surface area (Å²) in [5, 5.41) is 7.34. The SMILES string of the molecule is Cc1ccccc1Cn1c(=O)c(-c2cccc(S(C)(=O)=O)c2C)cc2cnc(Nc3ccc(N4CCNCC4)cc3)nc21. The Labute approximate surface area is 251 Å². The van der Waals surface area contributed by atoms with Crippen LogP contribution >= 0.6 is 0 Å². The standard InChI is InChI=1S/C33H34N6O3S/c1-22-7-4-5-8-24(22)21-39-31-25(19-29(32(39)40)28-9-6-10-30(23(28)2)43(3,41)42)20-35-33(37-31)36-26-11-13-27(14-12-26)38-17-15-34-16-18-38/h4-14,19-20,34H,15-18,21H2,1-3H3,(H,35,36,37). The van der Waals surface area contributed by atoms with E-state index in [9.17, 15) is 13.2 Å². The third kappa shape index (κ3) is 5.89. The fourth-order valence-corrected chi connectivity index (χ4v) is 6.62. The first-order valence-electron chi connectivity index (χ1n) is 14.3. The molecule has 3 heterocycles. The number of sulfone groups is 1. The normalized spacial score (nSPS) is 13.8. The van der Waals surface area contributed by atoms with Crippen LogP contribution in [0.15, 0.2) is 88.7 Å². The molecule has 6 rings (SSSR count). The van der Waals surface area contributed by atoms with Crippen molar-refractivity contribution in [2.75, 3.05) is 42.7 Å². The number of anilines is 3. The lowest BCUT2D eigenvalue weighted by Crippen LogP contribution is -2.43. The Morgan fingerprint density at radius 2 is 1.67 bits per heavy atom. The van der Waals surface area contributed by atoms with E-state index in [0.29, 0.717) is 40.2 Å². The molecule has 0 spiro atoms. The first-order valence-corrected chi connectivity index (χ1v) is 16.2. The summed E-state index contributed by atoms with van der Waals surface area (Å²) < 4.78 is 26.6. The number of pyridine rings is 1. The number of nitrogens with zero attached hydrogens (tertiary/aromatic N) is 4. The number of aromatic nitrogens is 3. The molecule has 1 aliphatic rings. The molecule has 10 heteroatoms. The molecule has 9 nitrogen and oxygen atoms in total. The van der Waals surface area contributed by atoms with Crippen molar-refractivity contribution in [2.45, 2.75) is 25.3 Å². The predicted molar refractivity (Wildman–Crippen MR) is 172 cm³/mol. The molecule has 0 aliphatic carbocycles. The fourth-order valence-electron chi connectivity index (χ4n) is 5.63. The van der Waals surface area contributed by atoms with Crippen LogP contribution in [0.25, 0.3) is 22.2 Å². The Bertz CT molecular complexity index is 1980. The van der Waals surface area contributed by atoms with E-state index >= 15 is 0 Å². The monoisotopic (exact) mass is 594 g/mol. The van der Waals surface area contributed by atoms with Crippen molar-refractivity contribution in [1.29, 1.82) is 0 Å². The van der Waals surface area contributed by atoms with E-state index in [1.165, 1.54) is 11.9 Å². The third-order valence-electron chi connectivity index (χ3n) is 8.00. The van der Waals surface area contributed by atoms with E-state index in [4.69, 9.17) is 4.98 Å². The smallest absolute Gasteiger partial charge is 0.260 e. The molecule has 2 N–H and O–H groups in total. The Morgan fingerprint density at radius 3 is 2.40 bits per heavy atom. The maximum atomic E-state index is 14.2. The molecule has 0 amide bonds. The third-order valence-corrected chi connectivity index (χ3v) is 9.24. The molecule has 0 unspecified atom stereocenters. The molecule has 1 saturated heterocycles. The van der Waals surface area contributed by atoms with Gasteiger partial charge in [-0.25, -0.2) is 13.4 Å². The molecule has 0 bridgehead atoms. The first-order chi connectivity index (χ1) is 20.7. The second-order valence-corrected chi connectivity index (χ2v) is 12.9. The van der Waals surface area contributed by atoms with Crippen molar-refractivity contribution in [3.05, 3.63) is 106 Å². The van der Waals surface area contributed by atoms with Gasteiger partial charge in [-0.2, -0.15) is 4.98 Å². The Morgan fingerprint density at radius 1 is 0.930 bits per heavy atom. The van der Waals surface area contributed by atoms with Crippen LogP contribution in [0, 0.1) is 13.8 Å². The summed E-state index contributed by atoms with van der Waals surface area (Å²) in [4.78, 5) is 26.1. The van der Waals surface area contributed by atoms with Gasteiger partial charge in [0.2, 0.25) is 5.95 Å². The number of aryl methyl sites for hydroxylation is 1. The van der Waals surface area contributed by atoms with E-state index in [0.717, 1.165) is 43.0 Å². The van der Waals surface area contributed by atoms with Crippen LogP contribution in [0.4, 0.5) is 17.3 Å². The topological polar surface area (TPSA) is 109 Å². The van der Waals surface area contributed by atoms with Gasteiger partial charge in [0.15, 0.2) is 9.84 Å². The van der Waals surface area contributed by atoms with Crippen LogP contribution in [0.3, 0.4) is 0 Å². The lowest BCUT2D eigenvalue weighted by atomic mass is 10.0. The van der Waals surface area contributed by atoms with Crippen LogP contribution < -0.4 is 21.1 Å². The summed E-state index contributed by atoms with van der Waals surface area (Å²) in [6, 6.07) is 22.9. The van der Waals surface area contributed by atoms with Gasteiger partial charge in [-0.3, -0.25) is 9.36 Å². The van der Waals surface area contributed by atoms with Crippen LogP contribution in [0.5, 0.6) is 0 Å². The quantitative estimate of drug-likeness (QED) is 0.280. The van der Waals surface area contributed by atoms with E-state index < -0.39 is 9.84 Å². The molecule has 5 aromatic rings. The molecule has 43 heavy (non-hydrogen) atoms. The molecular weight excluding hydrogens is 560 g/mol.